The van der Waals surface area contributed by atoms with Crippen molar-refractivity contribution in [2.75, 3.05) is 5.73 Å². The summed E-state index contributed by atoms with van der Waals surface area (Å²) >= 11 is 5.64. The first-order chi connectivity index (χ1) is 6.75. The molecule has 0 radical (unpaired) electrons. The fourth-order valence-electron chi connectivity index (χ4n) is 0.990. The van der Waals surface area contributed by atoms with Crippen molar-refractivity contribution in [1.82, 2.24) is 19.9 Å². The van der Waals surface area contributed by atoms with Crippen molar-refractivity contribution < 1.29 is 0 Å². The summed E-state index contributed by atoms with van der Waals surface area (Å²) in [4.78, 5) is 15.5. The summed E-state index contributed by atoms with van der Waals surface area (Å²) in [5.41, 5.74) is 6.18. The third kappa shape index (κ3) is 1.77. The molecule has 2 rings (SSSR count). The lowest BCUT2D eigenvalue weighted by molar-refractivity contribution is 1.07. The Kier molecular flexibility index (Phi) is 2.24. The molecule has 0 atom stereocenters. The predicted molar refractivity (Wildman–Crippen MR) is 52.5 cm³/mol. The Balaban J connectivity index is 2.52. The summed E-state index contributed by atoms with van der Waals surface area (Å²) in [7, 11) is 0. The van der Waals surface area contributed by atoms with Gasteiger partial charge in [-0.05, 0) is 23.7 Å². The first kappa shape index (κ1) is 8.83. The third-order valence-corrected chi connectivity index (χ3v) is 1.71. The van der Waals surface area contributed by atoms with E-state index in [2.05, 4.69) is 19.9 Å². The number of nitrogens with two attached hydrogens (primary N) is 1. The molecule has 0 aliphatic rings. The van der Waals surface area contributed by atoms with Gasteiger partial charge in [0.25, 0.3) is 0 Å². The highest BCUT2D eigenvalue weighted by Gasteiger charge is 2.04. The van der Waals surface area contributed by atoms with Crippen LogP contribution in [-0.4, -0.2) is 19.9 Å². The Morgan fingerprint density at radius 2 is 2.07 bits per heavy atom. The number of nitrogen functional groups attached to an aromatic ring is 1. The number of rotatable bonds is 1. The van der Waals surface area contributed by atoms with Crippen LogP contribution in [0.15, 0.2) is 24.5 Å². The minimum atomic E-state index is 0.0800. The van der Waals surface area contributed by atoms with Gasteiger partial charge in [-0.15, -0.1) is 0 Å². The maximum absolute atomic E-state index is 5.64. The van der Waals surface area contributed by atoms with Gasteiger partial charge in [0.1, 0.15) is 0 Å². The number of hydrogen-bond acceptors (Lipinski definition) is 5. The van der Waals surface area contributed by atoms with Gasteiger partial charge in [-0.3, -0.25) is 4.98 Å². The summed E-state index contributed by atoms with van der Waals surface area (Å²) in [5.74, 6) is 0.527. The van der Waals surface area contributed by atoms with Crippen LogP contribution in [0, 0.1) is 0 Å². The molecule has 2 heterocycles. The average Bonchev–Trinajstić information content (AvgIpc) is 2.18. The van der Waals surface area contributed by atoms with E-state index >= 15 is 0 Å². The van der Waals surface area contributed by atoms with Crippen molar-refractivity contribution >= 4 is 17.5 Å². The molecular weight excluding hydrogens is 202 g/mol. The molecule has 0 bridgehead atoms. The Bertz CT molecular complexity index is 424. The summed E-state index contributed by atoms with van der Waals surface area (Å²) in [6, 6.07) is 3.60. The molecule has 14 heavy (non-hydrogen) atoms. The Labute approximate surface area is 85.0 Å². The van der Waals surface area contributed by atoms with Crippen LogP contribution >= 0.6 is 11.6 Å². The first-order valence-electron chi connectivity index (χ1n) is 3.83. The number of aromatic nitrogens is 4. The average molecular weight is 208 g/mol. The van der Waals surface area contributed by atoms with Crippen LogP contribution in [0.3, 0.4) is 0 Å². The third-order valence-electron chi connectivity index (χ3n) is 1.55. The summed E-state index contributed by atoms with van der Waals surface area (Å²) in [6.45, 7) is 0. The SMILES string of the molecule is Nc1nc(Cl)nc(-c2cccnc2)n1. The highest BCUT2D eigenvalue weighted by atomic mass is 35.5. The molecule has 2 N–H and O–H groups in total. The zero-order chi connectivity index (χ0) is 9.97. The van der Waals surface area contributed by atoms with Gasteiger partial charge < -0.3 is 5.73 Å². The quantitative estimate of drug-likeness (QED) is 0.760. The summed E-state index contributed by atoms with van der Waals surface area (Å²) in [6.07, 6.45) is 3.29. The number of pyridine rings is 1. The topological polar surface area (TPSA) is 77.6 Å². The van der Waals surface area contributed by atoms with E-state index in [-0.39, 0.29) is 11.2 Å². The summed E-state index contributed by atoms with van der Waals surface area (Å²) < 4.78 is 0. The maximum Gasteiger partial charge on any atom is 0.227 e. The van der Waals surface area contributed by atoms with Gasteiger partial charge in [0.15, 0.2) is 5.82 Å². The van der Waals surface area contributed by atoms with Gasteiger partial charge >= 0.3 is 0 Å². The van der Waals surface area contributed by atoms with E-state index in [1.54, 1.807) is 18.5 Å². The van der Waals surface area contributed by atoms with Gasteiger partial charge in [-0.25, -0.2) is 0 Å². The van der Waals surface area contributed by atoms with Gasteiger partial charge in [0.05, 0.1) is 0 Å². The molecule has 70 valence electrons. The zero-order valence-electron chi connectivity index (χ0n) is 7.05. The molecule has 0 saturated heterocycles. The molecule has 0 aromatic carbocycles. The fraction of sp³-hybridized carbons (Fsp3) is 0. The number of hydrogen-bond donors (Lipinski definition) is 1. The molecule has 0 fully saturated rings. The van der Waals surface area contributed by atoms with E-state index in [1.165, 1.54) is 0 Å². The minimum Gasteiger partial charge on any atom is -0.368 e. The Morgan fingerprint density at radius 3 is 2.71 bits per heavy atom. The molecule has 0 saturated carbocycles. The molecule has 2 aromatic heterocycles. The van der Waals surface area contributed by atoms with Crippen molar-refractivity contribution in [1.29, 1.82) is 0 Å². The zero-order valence-corrected chi connectivity index (χ0v) is 7.81. The van der Waals surface area contributed by atoms with E-state index in [9.17, 15) is 0 Å². The molecular formula is C8H6ClN5. The molecule has 0 aliphatic heterocycles. The van der Waals surface area contributed by atoms with Gasteiger partial charge in [0, 0.05) is 18.0 Å². The molecule has 5 nitrogen and oxygen atoms in total. The number of halogens is 1. The Hall–Kier alpha value is -1.75. The largest absolute Gasteiger partial charge is 0.368 e. The van der Waals surface area contributed by atoms with Gasteiger partial charge in [-0.2, -0.15) is 15.0 Å². The molecule has 0 amide bonds. The van der Waals surface area contributed by atoms with Gasteiger partial charge in [-0.1, -0.05) is 0 Å². The molecule has 6 heteroatoms. The monoisotopic (exact) mass is 207 g/mol. The highest BCUT2D eigenvalue weighted by molar-refractivity contribution is 6.28. The van der Waals surface area contributed by atoms with Crippen LogP contribution in [0.5, 0.6) is 0 Å². The molecule has 0 spiro atoms. The van der Waals surface area contributed by atoms with E-state index in [0.29, 0.717) is 5.82 Å². The second-order valence-corrected chi connectivity index (χ2v) is 2.87. The van der Waals surface area contributed by atoms with Crippen LogP contribution in [0.4, 0.5) is 5.95 Å². The Morgan fingerprint density at radius 1 is 1.21 bits per heavy atom. The van der Waals surface area contributed by atoms with E-state index in [1.807, 2.05) is 6.07 Å². The van der Waals surface area contributed by atoms with Crippen molar-refractivity contribution in [3.05, 3.63) is 29.8 Å². The minimum absolute atomic E-state index is 0.0800. The normalized spacial score (nSPS) is 10.1. The molecule has 2 aromatic rings. The highest BCUT2D eigenvalue weighted by Crippen LogP contribution is 2.14. The van der Waals surface area contributed by atoms with Crippen LogP contribution < -0.4 is 5.73 Å². The van der Waals surface area contributed by atoms with E-state index in [0.717, 1.165) is 5.56 Å². The second-order valence-electron chi connectivity index (χ2n) is 2.53. The van der Waals surface area contributed by atoms with E-state index in [4.69, 9.17) is 17.3 Å². The first-order valence-corrected chi connectivity index (χ1v) is 4.21. The molecule has 0 unspecified atom stereocenters. The summed E-state index contributed by atoms with van der Waals surface area (Å²) in [5, 5.41) is 0.0800. The van der Waals surface area contributed by atoms with Crippen LogP contribution in [0.1, 0.15) is 0 Å². The van der Waals surface area contributed by atoms with Crippen molar-refractivity contribution in [3.8, 4) is 11.4 Å². The smallest absolute Gasteiger partial charge is 0.227 e. The van der Waals surface area contributed by atoms with Crippen molar-refractivity contribution in [2.24, 2.45) is 0 Å². The van der Waals surface area contributed by atoms with Crippen molar-refractivity contribution in [2.45, 2.75) is 0 Å². The van der Waals surface area contributed by atoms with Crippen LogP contribution in [-0.2, 0) is 0 Å². The second kappa shape index (κ2) is 3.55. The lowest BCUT2D eigenvalue weighted by Crippen LogP contribution is -1.99. The standard InChI is InChI=1S/C8H6ClN5/c9-7-12-6(13-8(10)14-7)5-2-1-3-11-4-5/h1-4H,(H2,10,12,13,14). The fourth-order valence-corrected chi connectivity index (χ4v) is 1.16. The number of nitrogens with zero attached hydrogens (tertiary/aromatic N) is 4. The lowest BCUT2D eigenvalue weighted by atomic mass is 10.3. The maximum atomic E-state index is 5.64. The lowest BCUT2D eigenvalue weighted by Gasteiger charge is -1.99. The predicted octanol–water partition coefficient (Wildman–Crippen LogP) is 1.17. The van der Waals surface area contributed by atoms with Crippen LogP contribution in [0.25, 0.3) is 11.4 Å². The van der Waals surface area contributed by atoms with E-state index < -0.39 is 0 Å². The molecule has 0 aliphatic carbocycles. The van der Waals surface area contributed by atoms with Crippen LogP contribution in [0.2, 0.25) is 5.28 Å². The van der Waals surface area contributed by atoms with Crippen molar-refractivity contribution in [3.63, 3.8) is 0 Å². The number of anilines is 1. The van der Waals surface area contributed by atoms with Gasteiger partial charge in [0.2, 0.25) is 11.2 Å².